The van der Waals surface area contributed by atoms with Crippen LogP contribution in [0.25, 0.3) is 0 Å². The van der Waals surface area contributed by atoms with Gasteiger partial charge in [-0.1, -0.05) is 60.7 Å². The highest BCUT2D eigenvalue weighted by atomic mass is 16.6. The first-order valence-electron chi connectivity index (χ1n) is 8.28. The Morgan fingerprint density at radius 1 is 1.16 bits per heavy atom. The number of amides is 2. The Morgan fingerprint density at radius 3 is 2.40 bits per heavy atom. The number of hydrogen-bond donors (Lipinski definition) is 1. The lowest BCUT2D eigenvalue weighted by Crippen LogP contribution is -2.43. The maximum absolute atomic E-state index is 12.7. The molecule has 25 heavy (non-hydrogen) atoms. The van der Waals surface area contributed by atoms with Crippen LogP contribution in [0, 0.1) is 0 Å². The van der Waals surface area contributed by atoms with Crippen molar-refractivity contribution in [3.8, 4) is 0 Å². The van der Waals surface area contributed by atoms with E-state index >= 15 is 0 Å². The Hall–Kier alpha value is -2.66. The number of rotatable bonds is 5. The molecule has 1 fully saturated rings. The van der Waals surface area contributed by atoms with E-state index in [-0.39, 0.29) is 19.1 Å². The van der Waals surface area contributed by atoms with Crippen molar-refractivity contribution >= 4 is 12.0 Å². The molecule has 5 heteroatoms. The first-order chi connectivity index (χ1) is 12.0. The summed E-state index contributed by atoms with van der Waals surface area (Å²) in [5, 5.41) is 10.7. The number of carbonyl (C=O) groups excluding carboxylic acids is 2. The van der Waals surface area contributed by atoms with Gasteiger partial charge in [0, 0.05) is 0 Å². The topological polar surface area (TPSA) is 66.8 Å². The van der Waals surface area contributed by atoms with Crippen molar-refractivity contribution in [1.82, 2.24) is 4.90 Å². The Bertz CT molecular complexity index is 743. The lowest BCUT2D eigenvalue weighted by atomic mass is 9.91. The van der Waals surface area contributed by atoms with E-state index in [0.29, 0.717) is 12.0 Å². The van der Waals surface area contributed by atoms with Gasteiger partial charge in [0.25, 0.3) is 0 Å². The van der Waals surface area contributed by atoms with Gasteiger partial charge in [-0.25, -0.2) is 9.69 Å². The highest BCUT2D eigenvalue weighted by molar-refractivity contribution is 5.94. The highest BCUT2D eigenvalue weighted by Gasteiger charge is 2.40. The van der Waals surface area contributed by atoms with E-state index in [9.17, 15) is 14.7 Å². The molecule has 0 radical (unpaired) electrons. The fourth-order valence-electron chi connectivity index (χ4n) is 3.08. The summed E-state index contributed by atoms with van der Waals surface area (Å²) in [6.07, 6.45) is -0.293. The second kappa shape index (κ2) is 7.07. The average Bonchev–Trinajstić information content (AvgIpc) is 2.96. The molecule has 5 nitrogen and oxygen atoms in total. The molecule has 1 aliphatic rings. The Labute approximate surface area is 146 Å². The Kier molecular flexibility index (Phi) is 4.86. The molecule has 0 bridgehead atoms. The zero-order chi connectivity index (χ0) is 17.9. The summed E-state index contributed by atoms with van der Waals surface area (Å²) in [5.74, 6) is -0.433. The van der Waals surface area contributed by atoms with Crippen molar-refractivity contribution in [3.05, 3.63) is 71.8 Å². The first-order valence-corrected chi connectivity index (χ1v) is 8.28. The van der Waals surface area contributed by atoms with Gasteiger partial charge in [-0.2, -0.15) is 0 Å². The lowest BCUT2D eigenvalue weighted by molar-refractivity contribution is -0.134. The SMILES string of the molecule is CC(O)(CC(=O)N1C(=O)OCC1Cc1ccccc1)c1ccccc1. The molecule has 2 aromatic carbocycles. The molecule has 2 atom stereocenters. The minimum absolute atomic E-state index is 0.174. The normalized spacial score (nSPS) is 19.4. The van der Waals surface area contributed by atoms with E-state index in [2.05, 4.69) is 0 Å². The molecule has 2 amide bonds. The summed E-state index contributed by atoms with van der Waals surface area (Å²) in [6.45, 7) is 1.75. The third kappa shape index (κ3) is 3.88. The molecule has 130 valence electrons. The van der Waals surface area contributed by atoms with E-state index in [1.807, 2.05) is 36.4 Å². The van der Waals surface area contributed by atoms with Crippen LogP contribution in [-0.2, 0) is 21.6 Å². The van der Waals surface area contributed by atoms with Gasteiger partial charge in [0.2, 0.25) is 5.91 Å². The summed E-state index contributed by atoms with van der Waals surface area (Å²) in [5.41, 5.74) is 0.312. The molecule has 1 saturated heterocycles. The van der Waals surface area contributed by atoms with Crippen LogP contribution in [0.4, 0.5) is 4.79 Å². The molecule has 0 saturated carbocycles. The van der Waals surface area contributed by atoms with Gasteiger partial charge in [0.15, 0.2) is 0 Å². The number of benzene rings is 2. The van der Waals surface area contributed by atoms with Crippen molar-refractivity contribution in [3.63, 3.8) is 0 Å². The van der Waals surface area contributed by atoms with E-state index < -0.39 is 17.6 Å². The molecule has 1 aliphatic heterocycles. The van der Waals surface area contributed by atoms with E-state index in [0.717, 1.165) is 10.5 Å². The number of aliphatic hydroxyl groups is 1. The number of cyclic esters (lactones) is 1. The zero-order valence-corrected chi connectivity index (χ0v) is 14.1. The van der Waals surface area contributed by atoms with Crippen LogP contribution >= 0.6 is 0 Å². The molecule has 1 N–H and O–H groups in total. The fourth-order valence-corrected chi connectivity index (χ4v) is 3.08. The molecule has 0 aromatic heterocycles. The van der Waals surface area contributed by atoms with Crippen molar-refractivity contribution in [1.29, 1.82) is 0 Å². The van der Waals surface area contributed by atoms with Crippen molar-refractivity contribution in [2.24, 2.45) is 0 Å². The first kappa shape index (κ1) is 17.2. The summed E-state index contributed by atoms with van der Waals surface area (Å²) >= 11 is 0. The monoisotopic (exact) mass is 339 g/mol. The maximum Gasteiger partial charge on any atom is 0.416 e. The minimum Gasteiger partial charge on any atom is -0.447 e. The third-order valence-corrected chi connectivity index (χ3v) is 4.44. The molecule has 1 heterocycles. The molecule has 2 aromatic rings. The summed E-state index contributed by atoms with van der Waals surface area (Å²) in [4.78, 5) is 25.9. The van der Waals surface area contributed by atoms with Crippen LogP contribution in [0.1, 0.15) is 24.5 Å². The molecule has 3 rings (SSSR count). The van der Waals surface area contributed by atoms with Gasteiger partial charge in [-0.15, -0.1) is 0 Å². The minimum atomic E-state index is -1.35. The van der Waals surface area contributed by atoms with Crippen LogP contribution in [0.5, 0.6) is 0 Å². The van der Waals surface area contributed by atoms with E-state index in [1.54, 1.807) is 31.2 Å². The van der Waals surface area contributed by atoms with Crippen LogP contribution in [0.15, 0.2) is 60.7 Å². The number of carbonyl (C=O) groups is 2. The standard InChI is InChI=1S/C20H21NO4/c1-20(24,16-10-6-3-7-11-16)13-18(22)21-17(14-25-19(21)23)12-15-8-4-2-5-9-15/h2-11,17,24H,12-14H2,1H3. The average molecular weight is 339 g/mol. The van der Waals surface area contributed by atoms with Crippen LogP contribution < -0.4 is 0 Å². The molecule has 0 aliphatic carbocycles. The van der Waals surface area contributed by atoms with Gasteiger partial charge in [-0.05, 0) is 24.5 Å². The number of hydrogen-bond acceptors (Lipinski definition) is 4. The van der Waals surface area contributed by atoms with Gasteiger partial charge >= 0.3 is 6.09 Å². The van der Waals surface area contributed by atoms with Crippen LogP contribution in [0.3, 0.4) is 0 Å². The predicted octanol–water partition coefficient (Wildman–Crippen LogP) is 2.87. The van der Waals surface area contributed by atoms with Crippen molar-refractivity contribution in [2.75, 3.05) is 6.61 Å². The largest absolute Gasteiger partial charge is 0.447 e. The molecular weight excluding hydrogens is 318 g/mol. The van der Waals surface area contributed by atoms with Crippen molar-refractivity contribution in [2.45, 2.75) is 31.4 Å². The fraction of sp³-hybridized carbons (Fsp3) is 0.300. The molecular formula is C20H21NO4. The summed E-state index contributed by atoms with van der Waals surface area (Å²) in [7, 11) is 0. The van der Waals surface area contributed by atoms with E-state index in [1.165, 1.54) is 0 Å². The maximum atomic E-state index is 12.7. The lowest BCUT2D eigenvalue weighted by Gasteiger charge is -2.27. The quantitative estimate of drug-likeness (QED) is 0.909. The number of ether oxygens (including phenoxy) is 1. The number of nitrogens with zero attached hydrogens (tertiary/aromatic N) is 1. The molecule has 0 spiro atoms. The van der Waals surface area contributed by atoms with Gasteiger partial charge in [0.05, 0.1) is 18.1 Å². The Balaban J connectivity index is 1.74. The van der Waals surface area contributed by atoms with Gasteiger partial charge in [0.1, 0.15) is 6.61 Å². The summed E-state index contributed by atoms with van der Waals surface area (Å²) < 4.78 is 5.08. The Morgan fingerprint density at radius 2 is 1.76 bits per heavy atom. The van der Waals surface area contributed by atoms with Gasteiger partial charge < -0.3 is 9.84 Å². The van der Waals surface area contributed by atoms with Crippen LogP contribution in [0.2, 0.25) is 0 Å². The van der Waals surface area contributed by atoms with Crippen LogP contribution in [-0.4, -0.2) is 34.7 Å². The third-order valence-electron chi connectivity index (χ3n) is 4.44. The predicted molar refractivity (Wildman–Crippen MR) is 92.8 cm³/mol. The second-order valence-electron chi connectivity index (χ2n) is 6.50. The van der Waals surface area contributed by atoms with Crippen molar-refractivity contribution < 1.29 is 19.4 Å². The summed E-state index contributed by atoms with van der Waals surface area (Å²) in [6, 6.07) is 18.3. The van der Waals surface area contributed by atoms with Gasteiger partial charge in [-0.3, -0.25) is 4.79 Å². The molecule has 2 unspecified atom stereocenters. The van der Waals surface area contributed by atoms with E-state index in [4.69, 9.17) is 4.74 Å². The second-order valence-corrected chi connectivity index (χ2v) is 6.50. The highest BCUT2D eigenvalue weighted by Crippen LogP contribution is 2.27. The smallest absolute Gasteiger partial charge is 0.416 e. The zero-order valence-electron chi connectivity index (χ0n) is 14.1. The number of imide groups is 1.